The number of amides is 1. The minimum atomic E-state index is -1.21. The summed E-state index contributed by atoms with van der Waals surface area (Å²) in [5.41, 5.74) is 1.07. The number of ether oxygens (including phenoxy) is 1. The lowest BCUT2D eigenvalue weighted by molar-refractivity contribution is -0.313. The van der Waals surface area contributed by atoms with Gasteiger partial charge < -0.3 is 19.5 Å². The molecule has 0 radical (unpaired) electrons. The van der Waals surface area contributed by atoms with Crippen LogP contribution in [0.3, 0.4) is 0 Å². The SMILES string of the molecule is Cc1ccc(N2C[C@]34C=C[C@@H](O3)[C@@H](C(=O)[O-])[C@H]4C2=O)cc1. The molecule has 2 saturated heterocycles. The summed E-state index contributed by atoms with van der Waals surface area (Å²) in [4.78, 5) is 25.7. The zero-order valence-electron chi connectivity index (χ0n) is 11.5. The van der Waals surface area contributed by atoms with Gasteiger partial charge in [-0.3, -0.25) is 4.79 Å². The Morgan fingerprint density at radius 1 is 1.38 bits per heavy atom. The number of hydrogen-bond donors (Lipinski definition) is 0. The van der Waals surface area contributed by atoms with Crippen molar-refractivity contribution in [1.82, 2.24) is 0 Å². The summed E-state index contributed by atoms with van der Waals surface area (Å²) in [6, 6.07) is 7.60. The highest BCUT2D eigenvalue weighted by Crippen LogP contribution is 2.52. The van der Waals surface area contributed by atoms with E-state index in [1.54, 1.807) is 11.0 Å². The second kappa shape index (κ2) is 3.95. The van der Waals surface area contributed by atoms with Gasteiger partial charge in [0.25, 0.3) is 0 Å². The van der Waals surface area contributed by atoms with Gasteiger partial charge in [-0.1, -0.05) is 29.8 Å². The molecule has 5 heteroatoms. The molecule has 1 amide bonds. The summed E-state index contributed by atoms with van der Waals surface area (Å²) in [6.07, 6.45) is 3.04. The molecule has 3 aliphatic heterocycles. The molecular formula is C16H14NO4-. The molecule has 3 heterocycles. The zero-order chi connectivity index (χ0) is 14.8. The fraction of sp³-hybridized carbons (Fsp3) is 0.375. The number of rotatable bonds is 2. The van der Waals surface area contributed by atoms with Gasteiger partial charge in [-0.25, -0.2) is 0 Å². The number of anilines is 1. The van der Waals surface area contributed by atoms with Gasteiger partial charge >= 0.3 is 0 Å². The number of aryl methyl sites for hydroxylation is 1. The topological polar surface area (TPSA) is 69.7 Å². The number of benzene rings is 1. The zero-order valence-corrected chi connectivity index (χ0v) is 11.5. The highest BCUT2D eigenvalue weighted by Gasteiger charge is 2.65. The molecule has 108 valence electrons. The third kappa shape index (κ3) is 1.55. The Hall–Kier alpha value is -2.14. The largest absolute Gasteiger partial charge is 0.550 e. The lowest BCUT2D eigenvalue weighted by Crippen LogP contribution is -2.45. The van der Waals surface area contributed by atoms with Crippen molar-refractivity contribution < 1.29 is 19.4 Å². The summed E-state index contributed by atoms with van der Waals surface area (Å²) < 4.78 is 5.81. The van der Waals surface area contributed by atoms with Gasteiger partial charge in [-0.15, -0.1) is 0 Å². The smallest absolute Gasteiger partial charge is 0.234 e. The molecule has 1 aromatic rings. The minimum Gasteiger partial charge on any atom is -0.550 e. The molecule has 2 bridgehead atoms. The summed E-state index contributed by atoms with van der Waals surface area (Å²) in [5.74, 6) is -2.98. The third-order valence-corrected chi connectivity index (χ3v) is 4.72. The van der Waals surface area contributed by atoms with Crippen molar-refractivity contribution in [2.75, 3.05) is 11.4 Å². The molecule has 4 atom stereocenters. The fourth-order valence-electron chi connectivity index (χ4n) is 3.71. The number of carboxylic acids is 1. The number of carbonyl (C=O) groups is 2. The Kier molecular flexibility index (Phi) is 2.37. The quantitative estimate of drug-likeness (QED) is 0.719. The van der Waals surface area contributed by atoms with Crippen molar-refractivity contribution >= 4 is 17.6 Å². The molecule has 1 aromatic carbocycles. The Morgan fingerprint density at radius 2 is 2.10 bits per heavy atom. The molecule has 0 saturated carbocycles. The van der Waals surface area contributed by atoms with Crippen LogP contribution < -0.4 is 10.0 Å². The van der Waals surface area contributed by atoms with E-state index in [4.69, 9.17) is 4.74 Å². The van der Waals surface area contributed by atoms with Crippen LogP contribution in [0.4, 0.5) is 5.69 Å². The number of fused-ring (bicyclic) bond motifs is 1. The predicted molar refractivity (Wildman–Crippen MR) is 72.3 cm³/mol. The maximum Gasteiger partial charge on any atom is 0.234 e. The summed E-state index contributed by atoms with van der Waals surface area (Å²) in [6.45, 7) is 2.33. The van der Waals surface area contributed by atoms with Crippen molar-refractivity contribution in [3.05, 3.63) is 42.0 Å². The van der Waals surface area contributed by atoms with Gasteiger partial charge in [0.05, 0.1) is 18.6 Å². The molecule has 0 aliphatic carbocycles. The van der Waals surface area contributed by atoms with E-state index in [1.807, 2.05) is 37.3 Å². The molecular weight excluding hydrogens is 270 g/mol. The number of hydrogen-bond acceptors (Lipinski definition) is 4. The van der Waals surface area contributed by atoms with Crippen molar-refractivity contribution in [2.45, 2.75) is 18.6 Å². The summed E-state index contributed by atoms with van der Waals surface area (Å²) >= 11 is 0. The van der Waals surface area contributed by atoms with Crippen LogP contribution in [-0.4, -0.2) is 30.1 Å². The van der Waals surface area contributed by atoms with Crippen LogP contribution in [-0.2, 0) is 14.3 Å². The van der Waals surface area contributed by atoms with E-state index >= 15 is 0 Å². The molecule has 21 heavy (non-hydrogen) atoms. The van der Waals surface area contributed by atoms with Gasteiger partial charge in [0, 0.05) is 17.6 Å². The van der Waals surface area contributed by atoms with E-state index in [1.165, 1.54) is 0 Å². The summed E-state index contributed by atoms with van der Waals surface area (Å²) in [7, 11) is 0. The molecule has 4 rings (SSSR count). The van der Waals surface area contributed by atoms with E-state index in [9.17, 15) is 14.7 Å². The van der Waals surface area contributed by atoms with Gasteiger partial charge in [0.15, 0.2) is 0 Å². The predicted octanol–water partition coefficient (Wildman–Crippen LogP) is 0.0313. The van der Waals surface area contributed by atoms with Crippen LogP contribution in [0.5, 0.6) is 0 Å². The molecule has 5 nitrogen and oxygen atoms in total. The molecule has 0 unspecified atom stereocenters. The minimum absolute atomic E-state index is 0.195. The summed E-state index contributed by atoms with van der Waals surface area (Å²) in [5, 5.41) is 11.4. The monoisotopic (exact) mass is 284 g/mol. The van der Waals surface area contributed by atoms with E-state index in [0.29, 0.717) is 6.54 Å². The van der Waals surface area contributed by atoms with E-state index in [-0.39, 0.29) is 5.91 Å². The van der Waals surface area contributed by atoms with Crippen LogP contribution in [0.1, 0.15) is 5.56 Å². The third-order valence-electron chi connectivity index (χ3n) is 4.72. The van der Waals surface area contributed by atoms with Crippen molar-refractivity contribution in [2.24, 2.45) is 11.8 Å². The number of carbonyl (C=O) groups excluding carboxylic acids is 2. The van der Waals surface area contributed by atoms with E-state index < -0.39 is 29.5 Å². The first-order valence-electron chi connectivity index (χ1n) is 6.98. The molecule has 3 aliphatic rings. The van der Waals surface area contributed by atoms with Crippen LogP contribution in [0.25, 0.3) is 0 Å². The van der Waals surface area contributed by atoms with Gasteiger partial charge in [-0.2, -0.15) is 0 Å². The first-order chi connectivity index (χ1) is 10.0. The number of nitrogens with zero attached hydrogens (tertiary/aromatic N) is 1. The number of carboxylic acid groups (broad SMARTS) is 1. The average Bonchev–Trinajstić information content (AvgIpc) is 3.08. The van der Waals surface area contributed by atoms with E-state index in [2.05, 4.69) is 0 Å². The van der Waals surface area contributed by atoms with Crippen LogP contribution in [0.2, 0.25) is 0 Å². The van der Waals surface area contributed by atoms with Crippen molar-refractivity contribution in [1.29, 1.82) is 0 Å². The molecule has 0 aromatic heterocycles. The van der Waals surface area contributed by atoms with Crippen molar-refractivity contribution in [3.8, 4) is 0 Å². The molecule has 1 spiro atoms. The molecule has 0 N–H and O–H groups in total. The maximum atomic E-state index is 12.7. The van der Waals surface area contributed by atoms with E-state index in [0.717, 1.165) is 11.3 Å². The standard InChI is InChI=1S/C16H15NO4/c1-9-2-4-10(5-3-9)17-8-16-7-6-11(21-16)12(15(19)20)13(16)14(17)18/h2-7,11-13H,8H2,1H3,(H,19,20)/p-1/t11-,12-,13+,16+/m1/s1. The highest BCUT2D eigenvalue weighted by molar-refractivity contribution is 6.02. The first kappa shape index (κ1) is 12.6. The Labute approximate surface area is 121 Å². The lowest BCUT2D eigenvalue weighted by atomic mass is 9.77. The maximum absolute atomic E-state index is 12.7. The van der Waals surface area contributed by atoms with Crippen LogP contribution in [0.15, 0.2) is 36.4 Å². The normalized spacial score (nSPS) is 36.3. The van der Waals surface area contributed by atoms with Crippen LogP contribution in [0, 0.1) is 18.8 Å². The Morgan fingerprint density at radius 3 is 2.76 bits per heavy atom. The Bertz CT molecular complexity index is 665. The lowest BCUT2D eigenvalue weighted by Gasteiger charge is -2.24. The number of aliphatic carboxylic acids is 1. The Balaban J connectivity index is 1.73. The molecule has 2 fully saturated rings. The van der Waals surface area contributed by atoms with Crippen LogP contribution >= 0.6 is 0 Å². The van der Waals surface area contributed by atoms with Gasteiger partial charge in [0.2, 0.25) is 5.91 Å². The second-order valence-electron chi connectivity index (χ2n) is 5.98. The van der Waals surface area contributed by atoms with Gasteiger partial charge in [0.1, 0.15) is 5.60 Å². The first-order valence-corrected chi connectivity index (χ1v) is 6.98. The fourth-order valence-corrected chi connectivity index (χ4v) is 3.71. The van der Waals surface area contributed by atoms with Gasteiger partial charge in [-0.05, 0) is 19.1 Å². The second-order valence-corrected chi connectivity index (χ2v) is 5.98. The average molecular weight is 284 g/mol. The highest BCUT2D eigenvalue weighted by atomic mass is 16.5. The van der Waals surface area contributed by atoms with Crippen molar-refractivity contribution in [3.63, 3.8) is 0 Å².